The smallest absolute Gasteiger partial charge is 0.261 e. The molecule has 2 aromatic carbocycles. The highest BCUT2D eigenvalue weighted by atomic mass is 35.5. The van der Waals surface area contributed by atoms with Crippen molar-refractivity contribution in [1.29, 1.82) is 0 Å². The number of hydrogen-bond donors (Lipinski definition) is 2. The number of oxime groups is 1. The quantitative estimate of drug-likeness (QED) is 0.346. The monoisotopic (exact) mass is 403 g/mol. The average molecular weight is 404 g/mol. The highest BCUT2D eigenvalue weighted by molar-refractivity contribution is 6.34. The third-order valence-corrected chi connectivity index (χ3v) is 4.66. The van der Waals surface area contributed by atoms with Crippen LogP contribution in [0.3, 0.4) is 0 Å². The van der Waals surface area contributed by atoms with Crippen LogP contribution in [0.1, 0.15) is 28.6 Å². The first-order valence-corrected chi connectivity index (χ1v) is 8.69. The van der Waals surface area contributed by atoms with E-state index in [0.717, 1.165) is 0 Å². The van der Waals surface area contributed by atoms with Crippen LogP contribution in [0.2, 0.25) is 10.0 Å². The Bertz CT molecular complexity index is 1040. The number of rotatable bonds is 4. The number of aryl methyl sites for hydroxylation is 1. The van der Waals surface area contributed by atoms with Gasteiger partial charge in [-0.05, 0) is 32.0 Å². The molecule has 0 aliphatic carbocycles. The predicted octanol–water partition coefficient (Wildman–Crippen LogP) is 5.41. The summed E-state index contributed by atoms with van der Waals surface area (Å²) < 4.78 is 5.22. The number of aromatic nitrogens is 1. The molecule has 8 heteroatoms. The fourth-order valence-electron chi connectivity index (χ4n) is 2.57. The van der Waals surface area contributed by atoms with Crippen LogP contribution < -0.4 is 5.32 Å². The highest BCUT2D eigenvalue weighted by Gasteiger charge is 2.23. The first-order chi connectivity index (χ1) is 12.9. The van der Waals surface area contributed by atoms with E-state index in [1.165, 1.54) is 0 Å². The molecule has 0 saturated heterocycles. The second-order valence-electron chi connectivity index (χ2n) is 5.78. The molecular weight excluding hydrogens is 389 g/mol. The van der Waals surface area contributed by atoms with E-state index in [9.17, 15) is 4.79 Å². The molecule has 1 amide bonds. The van der Waals surface area contributed by atoms with E-state index in [1.54, 1.807) is 56.3 Å². The summed E-state index contributed by atoms with van der Waals surface area (Å²) in [5, 5.41) is 19.6. The molecule has 1 heterocycles. The third kappa shape index (κ3) is 3.82. The normalized spacial score (nSPS) is 11.5. The molecule has 0 aliphatic rings. The second kappa shape index (κ2) is 7.82. The van der Waals surface area contributed by atoms with Gasteiger partial charge in [0.05, 0.1) is 21.4 Å². The molecule has 3 rings (SSSR count). The fourth-order valence-corrected chi connectivity index (χ4v) is 2.96. The van der Waals surface area contributed by atoms with Gasteiger partial charge in [0.1, 0.15) is 17.0 Å². The Kier molecular flexibility index (Phi) is 5.48. The molecule has 0 saturated carbocycles. The van der Waals surface area contributed by atoms with E-state index in [2.05, 4.69) is 15.6 Å². The molecule has 1 aromatic heterocycles. The topological polar surface area (TPSA) is 87.7 Å². The van der Waals surface area contributed by atoms with Gasteiger partial charge in [-0.3, -0.25) is 4.79 Å². The fraction of sp³-hybridized carbons (Fsp3) is 0.105. The van der Waals surface area contributed by atoms with Crippen molar-refractivity contribution >= 4 is 40.5 Å². The van der Waals surface area contributed by atoms with Gasteiger partial charge >= 0.3 is 0 Å². The molecule has 0 fully saturated rings. The molecule has 0 spiro atoms. The van der Waals surface area contributed by atoms with Gasteiger partial charge in [0.2, 0.25) is 0 Å². The summed E-state index contributed by atoms with van der Waals surface area (Å²) in [6.45, 7) is 3.28. The van der Waals surface area contributed by atoms with Crippen LogP contribution in [0.5, 0.6) is 0 Å². The predicted molar refractivity (Wildman–Crippen MR) is 105 cm³/mol. The number of halogens is 2. The van der Waals surface area contributed by atoms with Gasteiger partial charge in [0, 0.05) is 11.1 Å². The molecular formula is C19H15Cl2N3O3. The summed E-state index contributed by atoms with van der Waals surface area (Å²) in [5.41, 5.74) is 2.57. The average Bonchev–Trinajstić information content (AvgIpc) is 3.04. The third-order valence-electron chi connectivity index (χ3n) is 4.00. The van der Waals surface area contributed by atoms with Crippen molar-refractivity contribution in [2.75, 3.05) is 5.32 Å². The minimum Gasteiger partial charge on any atom is -0.411 e. The number of nitrogens with one attached hydrogen (secondary N) is 1. The van der Waals surface area contributed by atoms with Crippen LogP contribution in [0, 0.1) is 6.92 Å². The first kappa shape index (κ1) is 18.9. The van der Waals surface area contributed by atoms with Gasteiger partial charge in [-0.25, -0.2) is 0 Å². The first-order valence-electron chi connectivity index (χ1n) is 7.93. The standard InChI is InChI=1S/C19H15Cl2N3O3/c1-10(23-26)12-7-8-15(21)16(9-12)22-19(25)17-11(2)27-24-18(17)13-5-3-4-6-14(13)20/h3-9,26H,1-2H3,(H,22,25)/b23-10-. The Morgan fingerprint density at radius 1 is 1.19 bits per heavy atom. The lowest BCUT2D eigenvalue weighted by Crippen LogP contribution is -2.14. The summed E-state index contributed by atoms with van der Waals surface area (Å²) in [6.07, 6.45) is 0. The summed E-state index contributed by atoms with van der Waals surface area (Å²) in [7, 11) is 0. The van der Waals surface area contributed by atoms with Crippen LogP contribution in [0.4, 0.5) is 5.69 Å². The number of nitrogens with zero attached hydrogens (tertiary/aromatic N) is 2. The van der Waals surface area contributed by atoms with Crippen molar-refractivity contribution in [3.05, 3.63) is 69.4 Å². The molecule has 138 valence electrons. The SMILES string of the molecule is C/C(=N/O)c1ccc(Cl)c(NC(=O)c2c(-c3ccccc3Cl)noc2C)c1. The highest BCUT2D eigenvalue weighted by Crippen LogP contribution is 2.32. The minimum atomic E-state index is -0.443. The number of benzene rings is 2. The maximum absolute atomic E-state index is 12.9. The van der Waals surface area contributed by atoms with Crippen LogP contribution >= 0.6 is 23.2 Å². The minimum absolute atomic E-state index is 0.261. The van der Waals surface area contributed by atoms with E-state index in [0.29, 0.717) is 44.0 Å². The van der Waals surface area contributed by atoms with Crippen LogP contribution in [-0.4, -0.2) is 22.0 Å². The summed E-state index contributed by atoms with van der Waals surface area (Å²) in [6, 6.07) is 12.0. The van der Waals surface area contributed by atoms with Gasteiger partial charge in [-0.2, -0.15) is 0 Å². The van der Waals surface area contributed by atoms with Gasteiger partial charge in [-0.15, -0.1) is 0 Å². The molecule has 2 N–H and O–H groups in total. The molecule has 0 radical (unpaired) electrons. The van der Waals surface area contributed by atoms with Crippen LogP contribution in [0.25, 0.3) is 11.3 Å². The molecule has 0 aliphatic heterocycles. The largest absolute Gasteiger partial charge is 0.411 e. The number of amides is 1. The van der Waals surface area contributed by atoms with E-state index in [1.807, 2.05) is 0 Å². The summed E-state index contributed by atoms with van der Waals surface area (Å²) >= 11 is 12.4. The number of hydrogen-bond acceptors (Lipinski definition) is 5. The van der Waals surface area contributed by atoms with E-state index in [-0.39, 0.29) is 5.56 Å². The van der Waals surface area contributed by atoms with Crippen molar-refractivity contribution in [2.45, 2.75) is 13.8 Å². The molecule has 3 aromatic rings. The van der Waals surface area contributed by atoms with Crippen molar-refractivity contribution in [1.82, 2.24) is 5.16 Å². The Morgan fingerprint density at radius 3 is 2.63 bits per heavy atom. The Morgan fingerprint density at radius 2 is 1.93 bits per heavy atom. The zero-order valence-electron chi connectivity index (χ0n) is 14.5. The van der Waals surface area contributed by atoms with Gasteiger partial charge in [-0.1, -0.05) is 57.8 Å². The molecule has 6 nitrogen and oxygen atoms in total. The number of carbonyl (C=O) groups is 1. The molecule has 27 heavy (non-hydrogen) atoms. The van der Waals surface area contributed by atoms with Gasteiger partial charge in [0.25, 0.3) is 5.91 Å². The maximum Gasteiger partial charge on any atom is 0.261 e. The summed E-state index contributed by atoms with van der Waals surface area (Å²) in [4.78, 5) is 12.9. The van der Waals surface area contributed by atoms with Crippen molar-refractivity contribution in [3.63, 3.8) is 0 Å². The molecule has 0 bridgehead atoms. The van der Waals surface area contributed by atoms with Gasteiger partial charge < -0.3 is 15.0 Å². The van der Waals surface area contributed by atoms with Crippen molar-refractivity contribution < 1.29 is 14.5 Å². The zero-order chi connectivity index (χ0) is 19.6. The van der Waals surface area contributed by atoms with Crippen LogP contribution in [-0.2, 0) is 0 Å². The number of anilines is 1. The van der Waals surface area contributed by atoms with Crippen LogP contribution in [0.15, 0.2) is 52.1 Å². The van der Waals surface area contributed by atoms with Crippen molar-refractivity contribution in [3.8, 4) is 11.3 Å². The van der Waals surface area contributed by atoms with E-state index in [4.69, 9.17) is 32.9 Å². The summed E-state index contributed by atoms with van der Waals surface area (Å²) in [5.74, 6) is -0.0934. The second-order valence-corrected chi connectivity index (χ2v) is 6.59. The Labute approximate surface area is 165 Å². The number of carbonyl (C=O) groups excluding carboxylic acids is 1. The Hall–Kier alpha value is -2.83. The lowest BCUT2D eigenvalue weighted by molar-refractivity contribution is 0.102. The maximum atomic E-state index is 12.9. The van der Waals surface area contributed by atoms with Gasteiger partial charge in [0.15, 0.2) is 0 Å². The van der Waals surface area contributed by atoms with E-state index < -0.39 is 5.91 Å². The molecule has 0 unspecified atom stereocenters. The lowest BCUT2D eigenvalue weighted by Gasteiger charge is -2.10. The molecule has 0 atom stereocenters. The Balaban J connectivity index is 1.99. The lowest BCUT2D eigenvalue weighted by atomic mass is 10.1. The van der Waals surface area contributed by atoms with E-state index >= 15 is 0 Å². The zero-order valence-corrected chi connectivity index (χ0v) is 16.0. The van der Waals surface area contributed by atoms with Crippen molar-refractivity contribution in [2.24, 2.45) is 5.16 Å².